The minimum atomic E-state index is -0.784. The lowest BCUT2D eigenvalue weighted by Gasteiger charge is -2.44. The van der Waals surface area contributed by atoms with Crippen molar-refractivity contribution in [2.45, 2.75) is 87.8 Å². The maximum Gasteiger partial charge on any atom is 0.306 e. The Balaban J connectivity index is 1.90. The van der Waals surface area contributed by atoms with Gasteiger partial charge >= 0.3 is 11.9 Å². The van der Waals surface area contributed by atoms with Crippen LogP contribution in [0, 0.1) is 0 Å². The highest BCUT2D eigenvalue weighted by Crippen LogP contribution is 2.37. The third kappa shape index (κ3) is 7.58. The fourth-order valence-electron chi connectivity index (χ4n) is 3.77. The molecule has 2 aromatic carbocycles. The van der Waals surface area contributed by atoms with Crippen LogP contribution in [0.2, 0.25) is 0 Å². The van der Waals surface area contributed by atoms with Crippen molar-refractivity contribution in [3.63, 3.8) is 0 Å². The van der Waals surface area contributed by atoms with Gasteiger partial charge in [-0.3, -0.25) is 9.59 Å². The fraction of sp³-hybridized carbons (Fsp3) is 0.481. The first-order valence-electron chi connectivity index (χ1n) is 11.9. The molecule has 1 fully saturated rings. The Kier molecular flexibility index (Phi) is 10.4. The molecule has 1 aliphatic rings. The smallest absolute Gasteiger partial charge is 0.306 e. The van der Waals surface area contributed by atoms with Crippen LogP contribution in [0.4, 0.5) is 0 Å². The number of esters is 2. The molecule has 5 atom stereocenters. The Morgan fingerprint density at radius 3 is 1.97 bits per heavy atom. The maximum absolute atomic E-state index is 12.6. The first-order valence-corrected chi connectivity index (χ1v) is 12.8. The largest absolute Gasteiger partial charge is 0.455 e. The molecule has 0 spiro atoms. The zero-order chi connectivity index (χ0) is 24.3. The van der Waals surface area contributed by atoms with Crippen molar-refractivity contribution in [3.8, 4) is 0 Å². The molecule has 1 heterocycles. The summed E-state index contributed by atoms with van der Waals surface area (Å²) in [6.45, 7) is 5.99. The van der Waals surface area contributed by atoms with Crippen LogP contribution in [0.15, 0.2) is 65.6 Å². The van der Waals surface area contributed by atoms with E-state index in [0.29, 0.717) is 19.4 Å². The number of hydrogen-bond acceptors (Lipinski definition) is 7. The van der Waals surface area contributed by atoms with Crippen LogP contribution in [0.5, 0.6) is 0 Å². The van der Waals surface area contributed by atoms with E-state index in [1.165, 1.54) is 11.8 Å². The lowest BCUT2D eigenvalue weighted by atomic mass is 9.99. The number of hydrogen-bond donors (Lipinski definition) is 0. The molecule has 0 aromatic heterocycles. The molecule has 2 aromatic rings. The molecule has 6 nitrogen and oxygen atoms in total. The molecular weight excluding hydrogens is 452 g/mol. The predicted octanol–water partition coefficient (Wildman–Crippen LogP) is 5.53. The van der Waals surface area contributed by atoms with Crippen LogP contribution in [0.1, 0.15) is 52.0 Å². The monoisotopic (exact) mass is 486 g/mol. The van der Waals surface area contributed by atoms with Crippen LogP contribution in [-0.4, -0.2) is 41.8 Å². The topological polar surface area (TPSA) is 71.1 Å². The Hall–Kier alpha value is -2.35. The standard InChI is InChI=1S/C27H34O6S/c1-4-12-22(28)32-24-19(3)31-27(34-21-16-10-7-11-17-21)26(25(24)33-23(29)13-5-2)30-18-20-14-8-6-9-15-20/h6-11,14-17,19,24-27H,4-5,12-13,18H2,1-3H3/t19-,24-,25+,26+,27-/m0/s1. The Morgan fingerprint density at radius 1 is 0.824 bits per heavy atom. The lowest BCUT2D eigenvalue weighted by molar-refractivity contribution is -0.234. The lowest BCUT2D eigenvalue weighted by Crippen LogP contribution is -2.59. The molecule has 0 bridgehead atoms. The molecule has 0 amide bonds. The van der Waals surface area contributed by atoms with Gasteiger partial charge in [0.2, 0.25) is 0 Å². The normalized spacial score (nSPS) is 24.4. The number of ether oxygens (including phenoxy) is 4. The van der Waals surface area contributed by atoms with Gasteiger partial charge in [0.05, 0.1) is 12.7 Å². The van der Waals surface area contributed by atoms with Crippen molar-refractivity contribution >= 4 is 23.7 Å². The number of carbonyl (C=O) groups is 2. The SMILES string of the molecule is CCCC(=O)O[C@@H]1[C@@H](OC(=O)CCC)[C@H](C)O[C@@H](Sc2ccccc2)[C@@H]1OCc1ccccc1. The molecule has 184 valence electrons. The van der Waals surface area contributed by atoms with Crippen molar-refractivity contribution in [1.82, 2.24) is 0 Å². The van der Waals surface area contributed by atoms with Crippen molar-refractivity contribution < 1.29 is 28.5 Å². The fourth-order valence-corrected chi connectivity index (χ4v) is 4.95. The van der Waals surface area contributed by atoms with E-state index < -0.39 is 29.9 Å². The van der Waals surface area contributed by atoms with Gasteiger partial charge in [0, 0.05) is 17.7 Å². The first-order chi connectivity index (χ1) is 16.5. The van der Waals surface area contributed by atoms with Crippen LogP contribution in [0.25, 0.3) is 0 Å². The van der Waals surface area contributed by atoms with Crippen LogP contribution in [0.3, 0.4) is 0 Å². The van der Waals surface area contributed by atoms with E-state index in [1.54, 1.807) is 0 Å². The summed E-state index contributed by atoms with van der Waals surface area (Å²) >= 11 is 1.51. The van der Waals surface area contributed by atoms with Gasteiger partial charge in [-0.2, -0.15) is 0 Å². The Bertz CT molecular complexity index is 891. The number of rotatable bonds is 11. The quantitative estimate of drug-likeness (QED) is 0.387. The van der Waals surface area contributed by atoms with Gasteiger partial charge in [0.15, 0.2) is 12.2 Å². The summed E-state index contributed by atoms with van der Waals surface area (Å²) in [7, 11) is 0. The molecule has 1 aliphatic heterocycles. The second kappa shape index (κ2) is 13.5. The summed E-state index contributed by atoms with van der Waals surface area (Å²) in [5.41, 5.74) is 0.532. The molecule has 0 saturated carbocycles. The molecule has 3 rings (SSSR count). The highest BCUT2D eigenvalue weighted by molar-refractivity contribution is 7.99. The van der Waals surface area contributed by atoms with Gasteiger partial charge in [-0.15, -0.1) is 0 Å². The van der Waals surface area contributed by atoms with Gasteiger partial charge in [-0.05, 0) is 37.5 Å². The van der Waals surface area contributed by atoms with E-state index in [0.717, 1.165) is 10.5 Å². The van der Waals surface area contributed by atoms with Crippen LogP contribution >= 0.6 is 11.8 Å². The van der Waals surface area contributed by atoms with Gasteiger partial charge in [-0.25, -0.2) is 0 Å². The number of benzene rings is 2. The summed E-state index contributed by atoms with van der Waals surface area (Å²) in [5.74, 6) is -0.676. The van der Waals surface area contributed by atoms with Crippen molar-refractivity contribution in [1.29, 1.82) is 0 Å². The summed E-state index contributed by atoms with van der Waals surface area (Å²) in [5, 5.41) is 0. The molecule has 0 radical (unpaired) electrons. The summed E-state index contributed by atoms with van der Waals surface area (Å²) in [6, 6.07) is 19.7. The second-order valence-electron chi connectivity index (χ2n) is 8.31. The number of thioether (sulfide) groups is 1. The third-order valence-corrected chi connectivity index (χ3v) is 6.61. The average molecular weight is 487 g/mol. The molecule has 0 unspecified atom stereocenters. The molecule has 1 saturated heterocycles. The van der Waals surface area contributed by atoms with E-state index >= 15 is 0 Å². The van der Waals surface area contributed by atoms with E-state index in [-0.39, 0.29) is 24.8 Å². The van der Waals surface area contributed by atoms with Crippen LogP contribution in [-0.2, 0) is 35.1 Å². The van der Waals surface area contributed by atoms with E-state index in [4.69, 9.17) is 18.9 Å². The van der Waals surface area contributed by atoms with E-state index in [2.05, 4.69) is 0 Å². The van der Waals surface area contributed by atoms with E-state index in [1.807, 2.05) is 81.4 Å². The van der Waals surface area contributed by atoms with E-state index in [9.17, 15) is 9.59 Å². The van der Waals surface area contributed by atoms with Gasteiger partial charge in [0.25, 0.3) is 0 Å². The van der Waals surface area contributed by atoms with Crippen molar-refractivity contribution in [2.24, 2.45) is 0 Å². The summed E-state index contributed by atoms with van der Waals surface area (Å²) in [6.07, 6.45) is -0.751. The first kappa shape index (κ1) is 26.3. The Morgan fingerprint density at radius 2 is 1.38 bits per heavy atom. The second-order valence-corrected chi connectivity index (χ2v) is 9.48. The molecule has 34 heavy (non-hydrogen) atoms. The Labute approximate surface area is 206 Å². The highest BCUT2D eigenvalue weighted by Gasteiger charge is 2.49. The van der Waals surface area contributed by atoms with Crippen LogP contribution < -0.4 is 0 Å². The van der Waals surface area contributed by atoms with Crippen molar-refractivity contribution in [2.75, 3.05) is 0 Å². The molecule has 0 N–H and O–H groups in total. The molecule has 7 heteroatoms. The minimum absolute atomic E-state index is 0.281. The molecule has 0 aliphatic carbocycles. The van der Waals surface area contributed by atoms with Crippen molar-refractivity contribution in [3.05, 3.63) is 66.2 Å². The predicted molar refractivity (Wildman–Crippen MR) is 131 cm³/mol. The van der Waals surface area contributed by atoms with Gasteiger partial charge in [-0.1, -0.05) is 74.1 Å². The molecular formula is C27H34O6S. The summed E-state index contributed by atoms with van der Waals surface area (Å²) in [4.78, 5) is 26.0. The number of carbonyl (C=O) groups excluding carboxylic acids is 2. The van der Waals surface area contributed by atoms with Gasteiger partial charge in [0.1, 0.15) is 11.5 Å². The highest BCUT2D eigenvalue weighted by atomic mass is 32.2. The summed E-state index contributed by atoms with van der Waals surface area (Å²) < 4.78 is 24.4. The maximum atomic E-state index is 12.6. The zero-order valence-corrected chi connectivity index (χ0v) is 20.9. The third-order valence-electron chi connectivity index (χ3n) is 5.45. The average Bonchev–Trinajstić information content (AvgIpc) is 2.83. The van der Waals surface area contributed by atoms with Gasteiger partial charge < -0.3 is 18.9 Å². The zero-order valence-electron chi connectivity index (χ0n) is 20.1. The minimum Gasteiger partial charge on any atom is -0.455 e.